The molecule has 0 amide bonds. The molecule has 0 radical (unpaired) electrons. The first kappa shape index (κ1) is 11.9. The molecule has 1 aromatic carbocycles. The van der Waals surface area contributed by atoms with Crippen LogP contribution in [0.4, 0.5) is 11.4 Å². The summed E-state index contributed by atoms with van der Waals surface area (Å²) in [5.74, 6) is 0. The summed E-state index contributed by atoms with van der Waals surface area (Å²) in [7, 11) is 0. The van der Waals surface area contributed by atoms with E-state index in [1.807, 2.05) is 0 Å². The van der Waals surface area contributed by atoms with Crippen molar-refractivity contribution in [3.8, 4) is 0 Å². The fraction of sp³-hybridized carbons (Fsp3) is 0.429. The summed E-state index contributed by atoms with van der Waals surface area (Å²) in [6.45, 7) is 9.87. The molecular weight excluding hydrogens is 244 g/mol. The van der Waals surface area contributed by atoms with Gasteiger partial charge in [-0.25, -0.2) is 0 Å². The van der Waals surface area contributed by atoms with E-state index in [1.165, 1.54) is 16.9 Å². The number of nitrogens with zero attached hydrogens (tertiary/aromatic N) is 1. The Bertz CT molecular complexity index is 469. The second kappa shape index (κ2) is 4.86. The van der Waals surface area contributed by atoms with Crippen molar-refractivity contribution >= 4 is 23.1 Å². The molecule has 3 nitrogen and oxygen atoms in total. The number of thioether (sulfide) groups is 1. The zero-order valence-electron chi connectivity index (χ0n) is 10.6. The summed E-state index contributed by atoms with van der Waals surface area (Å²) in [4.78, 5) is 2.39. The lowest BCUT2D eigenvalue weighted by Gasteiger charge is -2.31. The molecule has 0 aromatic heterocycles. The van der Waals surface area contributed by atoms with Crippen LogP contribution in [-0.2, 0) is 4.74 Å². The van der Waals surface area contributed by atoms with E-state index in [-0.39, 0.29) is 0 Å². The number of hydrogen-bond donors (Lipinski definition) is 1. The van der Waals surface area contributed by atoms with E-state index in [0.717, 1.165) is 31.3 Å². The van der Waals surface area contributed by atoms with Gasteiger partial charge in [0.15, 0.2) is 0 Å². The van der Waals surface area contributed by atoms with Crippen LogP contribution in [-0.4, -0.2) is 26.3 Å². The van der Waals surface area contributed by atoms with Crippen molar-refractivity contribution < 1.29 is 4.74 Å². The van der Waals surface area contributed by atoms with Crippen LogP contribution in [0.3, 0.4) is 0 Å². The van der Waals surface area contributed by atoms with Crippen molar-refractivity contribution in [1.82, 2.24) is 0 Å². The van der Waals surface area contributed by atoms with Crippen molar-refractivity contribution in [3.63, 3.8) is 0 Å². The monoisotopic (exact) mass is 262 g/mol. The summed E-state index contributed by atoms with van der Waals surface area (Å²) >= 11 is 1.79. The molecule has 1 fully saturated rings. The van der Waals surface area contributed by atoms with Gasteiger partial charge in [-0.1, -0.05) is 6.58 Å². The minimum atomic E-state index is 0.467. The van der Waals surface area contributed by atoms with Crippen molar-refractivity contribution in [1.29, 1.82) is 0 Å². The topological polar surface area (TPSA) is 24.5 Å². The maximum atomic E-state index is 5.40. The van der Waals surface area contributed by atoms with Crippen LogP contribution in [0.15, 0.2) is 29.8 Å². The lowest BCUT2D eigenvalue weighted by atomic mass is 10.1. The predicted octanol–water partition coefficient (Wildman–Crippen LogP) is 3.21. The number of rotatable bonds is 1. The number of nitrogens with one attached hydrogen (secondary N) is 1. The molecule has 2 aliphatic rings. The van der Waals surface area contributed by atoms with E-state index < -0.39 is 0 Å². The van der Waals surface area contributed by atoms with E-state index in [4.69, 9.17) is 4.74 Å². The first-order valence-electron chi connectivity index (χ1n) is 6.33. The normalized spacial score (nSPS) is 23.5. The number of hydrogen-bond acceptors (Lipinski definition) is 4. The van der Waals surface area contributed by atoms with E-state index >= 15 is 0 Å². The number of ether oxygens (including phenoxy) is 1. The summed E-state index contributed by atoms with van der Waals surface area (Å²) in [5, 5.41) is 4.85. The van der Waals surface area contributed by atoms with E-state index in [1.54, 1.807) is 11.8 Å². The minimum absolute atomic E-state index is 0.467. The largest absolute Gasteiger partial charge is 0.378 e. The van der Waals surface area contributed by atoms with Crippen LogP contribution in [0.5, 0.6) is 0 Å². The molecule has 1 N–H and O–H groups in total. The molecule has 2 heterocycles. The van der Waals surface area contributed by atoms with Crippen LogP contribution in [0.2, 0.25) is 0 Å². The van der Waals surface area contributed by atoms with Gasteiger partial charge in [0.1, 0.15) is 0 Å². The van der Waals surface area contributed by atoms with Gasteiger partial charge >= 0.3 is 0 Å². The van der Waals surface area contributed by atoms with Gasteiger partial charge in [0.05, 0.1) is 18.2 Å². The minimum Gasteiger partial charge on any atom is -0.378 e. The number of anilines is 2. The second-order valence-electron chi connectivity index (χ2n) is 4.68. The van der Waals surface area contributed by atoms with Gasteiger partial charge in [0.2, 0.25) is 0 Å². The van der Waals surface area contributed by atoms with Crippen LogP contribution in [0.25, 0.3) is 0 Å². The SMILES string of the molecule is C=C1Nc2ccc(N3CCOCC3)cc2C(C)S1. The van der Waals surface area contributed by atoms with Gasteiger partial charge in [-0.15, -0.1) is 11.8 Å². The van der Waals surface area contributed by atoms with Crippen LogP contribution in [0, 0.1) is 0 Å². The van der Waals surface area contributed by atoms with Gasteiger partial charge in [-0.2, -0.15) is 0 Å². The summed E-state index contributed by atoms with van der Waals surface area (Å²) in [6.07, 6.45) is 0. The highest BCUT2D eigenvalue weighted by molar-refractivity contribution is 8.03. The Morgan fingerprint density at radius 1 is 1.39 bits per heavy atom. The molecular formula is C14H18N2OS. The Morgan fingerprint density at radius 2 is 2.17 bits per heavy atom. The Balaban J connectivity index is 1.90. The lowest BCUT2D eigenvalue weighted by molar-refractivity contribution is 0.122. The van der Waals surface area contributed by atoms with Crippen molar-refractivity contribution in [2.45, 2.75) is 12.2 Å². The molecule has 3 rings (SSSR count). The third-order valence-electron chi connectivity index (χ3n) is 3.44. The highest BCUT2D eigenvalue weighted by atomic mass is 32.2. The van der Waals surface area contributed by atoms with Crippen molar-refractivity contribution in [2.24, 2.45) is 0 Å². The summed E-state index contributed by atoms with van der Waals surface area (Å²) in [5.41, 5.74) is 3.87. The molecule has 1 unspecified atom stereocenters. The van der Waals surface area contributed by atoms with E-state index in [9.17, 15) is 0 Å². The smallest absolute Gasteiger partial charge is 0.0658 e. The number of benzene rings is 1. The lowest BCUT2D eigenvalue weighted by Crippen LogP contribution is -2.36. The average Bonchev–Trinajstić information content (AvgIpc) is 2.39. The summed E-state index contributed by atoms with van der Waals surface area (Å²) in [6, 6.07) is 6.66. The first-order valence-corrected chi connectivity index (χ1v) is 7.21. The first-order chi connectivity index (χ1) is 8.74. The highest BCUT2D eigenvalue weighted by Crippen LogP contribution is 2.43. The Labute approximate surface area is 112 Å². The molecule has 1 atom stereocenters. The summed E-state index contributed by atoms with van der Waals surface area (Å²) < 4.78 is 5.40. The van der Waals surface area contributed by atoms with Gasteiger partial charge in [0, 0.05) is 29.7 Å². The Hall–Kier alpha value is -1.13. The van der Waals surface area contributed by atoms with Crippen LogP contribution < -0.4 is 10.2 Å². The zero-order chi connectivity index (χ0) is 12.5. The third kappa shape index (κ3) is 2.22. The molecule has 1 aromatic rings. The maximum absolute atomic E-state index is 5.40. The Morgan fingerprint density at radius 3 is 2.94 bits per heavy atom. The predicted molar refractivity (Wildman–Crippen MR) is 78.2 cm³/mol. The number of morpholine rings is 1. The fourth-order valence-electron chi connectivity index (χ4n) is 2.48. The van der Waals surface area contributed by atoms with E-state index in [2.05, 4.69) is 41.9 Å². The van der Waals surface area contributed by atoms with Crippen LogP contribution >= 0.6 is 11.8 Å². The molecule has 0 aliphatic carbocycles. The van der Waals surface area contributed by atoms with Gasteiger partial charge in [0.25, 0.3) is 0 Å². The maximum Gasteiger partial charge on any atom is 0.0658 e. The van der Waals surface area contributed by atoms with Gasteiger partial charge in [-0.3, -0.25) is 0 Å². The van der Waals surface area contributed by atoms with Gasteiger partial charge < -0.3 is 15.0 Å². The zero-order valence-corrected chi connectivity index (χ0v) is 11.4. The molecule has 0 spiro atoms. The Kier molecular flexibility index (Phi) is 3.22. The average molecular weight is 262 g/mol. The van der Waals surface area contributed by atoms with Crippen molar-refractivity contribution in [3.05, 3.63) is 35.4 Å². The quantitative estimate of drug-likeness (QED) is 0.840. The molecule has 0 bridgehead atoms. The fourth-order valence-corrected chi connectivity index (χ4v) is 3.39. The van der Waals surface area contributed by atoms with E-state index in [0.29, 0.717) is 5.25 Å². The van der Waals surface area contributed by atoms with Crippen LogP contribution in [0.1, 0.15) is 17.7 Å². The molecule has 1 saturated heterocycles. The standard InChI is InChI=1S/C14H18N2OS/c1-10-13-9-12(16-5-7-17-8-6-16)3-4-14(13)15-11(2)18-10/h3-4,9-10,15H,2,5-8H2,1H3. The third-order valence-corrected chi connectivity index (χ3v) is 4.44. The van der Waals surface area contributed by atoms with Gasteiger partial charge in [-0.05, 0) is 30.7 Å². The molecule has 4 heteroatoms. The van der Waals surface area contributed by atoms with Crippen molar-refractivity contribution in [2.75, 3.05) is 36.5 Å². The molecule has 2 aliphatic heterocycles. The second-order valence-corrected chi connectivity index (χ2v) is 6.11. The number of fused-ring (bicyclic) bond motifs is 1. The molecule has 18 heavy (non-hydrogen) atoms. The molecule has 0 saturated carbocycles. The highest BCUT2D eigenvalue weighted by Gasteiger charge is 2.21. The molecule has 96 valence electrons.